The van der Waals surface area contributed by atoms with Crippen molar-refractivity contribution in [1.82, 2.24) is 0 Å². The predicted octanol–water partition coefficient (Wildman–Crippen LogP) is 2.01. The molecule has 0 amide bonds. The summed E-state index contributed by atoms with van der Waals surface area (Å²) in [4.78, 5) is 11.0. The molecule has 0 unspecified atom stereocenters. The molecule has 0 saturated heterocycles. The fraction of sp³-hybridized carbons (Fsp3) is 0.125. The van der Waals surface area contributed by atoms with Crippen LogP contribution in [0, 0.1) is 0 Å². The number of methoxy groups -OCH3 is 1. The lowest BCUT2D eigenvalue weighted by molar-refractivity contribution is 0.0748. The molecule has 1 rings (SSSR count). The van der Waals surface area contributed by atoms with Crippen molar-refractivity contribution in [2.45, 2.75) is 0 Å². The summed E-state index contributed by atoms with van der Waals surface area (Å²) in [5, 5.41) is 0. The maximum absolute atomic E-state index is 11.0. The van der Waals surface area contributed by atoms with Gasteiger partial charge in [-0.15, -0.1) is 0 Å². The van der Waals surface area contributed by atoms with E-state index in [4.69, 9.17) is 16.6 Å². The highest BCUT2D eigenvalue weighted by Gasteiger charge is 2.11. The molecule has 0 aliphatic rings. The summed E-state index contributed by atoms with van der Waals surface area (Å²) in [5.74, 6) is -0.169. The first-order valence-corrected chi connectivity index (χ1v) is 3.56. The first-order valence-electron chi connectivity index (χ1n) is 3.25. The standard InChI is InChI=1S/C8H7ClO3/c1-11-7-5-3-2-4-6(7)8(10)12-9/h2-5H,1H3. The lowest BCUT2D eigenvalue weighted by atomic mass is 10.2. The van der Waals surface area contributed by atoms with Crippen LogP contribution < -0.4 is 4.74 Å². The van der Waals surface area contributed by atoms with Crippen LogP contribution in [0.5, 0.6) is 5.75 Å². The zero-order valence-corrected chi connectivity index (χ0v) is 7.17. The Labute approximate surface area is 75.0 Å². The highest BCUT2D eigenvalue weighted by atomic mass is 35.5. The molecule has 0 aliphatic carbocycles. The van der Waals surface area contributed by atoms with Crippen molar-refractivity contribution in [3.05, 3.63) is 29.8 Å². The summed E-state index contributed by atoms with van der Waals surface area (Å²) in [6.45, 7) is 0. The van der Waals surface area contributed by atoms with Gasteiger partial charge >= 0.3 is 5.97 Å². The molecule has 0 radical (unpaired) electrons. The van der Waals surface area contributed by atoms with Crippen LogP contribution in [-0.2, 0) is 4.29 Å². The summed E-state index contributed by atoms with van der Waals surface area (Å²) < 4.78 is 8.94. The van der Waals surface area contributed by atoms with E-state index >= 15 is 0 Å². The van der Waals surface area contributed by atoms with Crippen molar-refractivity contribution in [2.75, 3.05) is 7.11 Å². The van der Waals surface area contributed by atoms with Crippen molar-refractivity contribution in [3.63, 3.8) is 0 Å². The minimum Gasteiger partial charge on any atom is -0.496 e. The largest absolute Gasteiger partial charge is 0.496 e. The second kappa shape index (κ2) is 3.97. The number of ether oxygens (including phenoxy) is 1. The summed E-state index contributed by atoms with van der Waals surface area (Å²) in [7, 11) is 1.47. The molecular weight excluding hydrogens is 180 g/mol. The lowest BCUT2D eigenvalue weighted by Gasteiger charge is -2.03. The van der Waals surface area contributed by atoms with Gasteiger partial charge in [-0.2, -0.15) is 0 Å². The first kappa shape index (κ1) is 8.87. The van der Waals surface area contributed by atoms with Crippen LogP contribution in [0.15, 0.2) is 24.3 Å². The minimum atomic E-state index is -0.617. The average molecular weight is 187 g/mol. The normalized spacial score (nSPS) is 9.17. The Morgan fingerprint density at radius 1 is 1.42 bits per heavy atom. The molecule has 12 heavy (non-hydrogen) atoms. The summed E-state index contributed by atoms with van der Waals surface area (Å²) >= 11 is 4.91. The Morgan fingerprint density at radius 2 is 2.08 bits per heavy atom. The zero-order valence-electron chi connectivity index (χ0n) is 6.41. The summed E-state index contributed by atoms with van der Waals surface area (Å²) in [6.07, 6.45) is 0. The topological polar surface area (TPSA) is 35.5 Å². The highest BCUT2D eigenvalue weighted by molar-refractivity contribution is 6.16. The molecule has 64 valence electrons. The Bertz CT molecular complexity index is 285. The SMILES string of the molecule is COc1ccccc1C(=O)OCl. The molecule has 0 N–H and O–H groups in total. The average Bonchev–Trinajstić information content (AvgIpc) is 2.16. The number of carbonyl (C=O) groups is 1. The number of rotatable bonds is 2. The Balaban J connectivity index is 3.04. The van der Waals surface area contributed by atoms with Crippen LogP contribution in [-0.4, -0.2) is 13.1 Å². The van der Waals surface area contributed by atoms with Gasteiger partial charge in [0.2, 0.25) is 0 Å². The van der Waals surface area contributed by atoms with E-state index in [0.29, 0.717) is 11.3 Å². The molecule has 0 atom stereocenters. The van der Waals surface area contributed by atoms with E-state index in [-0.39, 0.29) is 0 Å². The van der Waals surface area contributed by atoms with Gasteiger partial charge in [0.1, 0.15) is 23.2 Å². The third-order valence-corrected chi connectivity index (χ3v) is 1.54. The predicted molar refractivity (Wildman–Crippen MR) is 44.3 cm³/mol. The Kier molecular flexibility index (Phi) is 2.94. The number of carbonyl (C=O) groups excluding carboxylic acids is 1. The molecule has 0 spiro atoms. The third-order valence-electron chi connectivity index (χ3n) is 1.40. The van der Waals surface area contributed by atoms with E-state index < -0.39 is 5.97 Å². The van der Waals surface area contributed by atoms with Gasteiger partial charge in [0.25, 0.3) is 0 Å². The van der Waals surface area contributed by atoms with Gasteiger partial charge in [-0.25, -0.2) is 4.79 Å². The van der Waals surface area contributed by atoms with Gasteiger partial charge in [0, 0.05) is 0 Å². The van der Waals surface area contributed by atoms with E-state index in [1.165, 1.54) is 7.11 Å². The lowest BCUT2D eigenvalue weighted by Crippen LogP contribution is -2.00. The molecule has 0 heterocycles. The second-order valence-corrected chi connectivity index (χ2v) is 2.22. The third kappa shape index (κ3) is 1.68. The van der Waals surface area contributed by atoms with Crippen molar-refractivity contribution in [2.24, 2.45) is 0 Å². The summed E-state index contributed by atoms with van der Waals surface area (Å²) in [6, 6.07) is 6.68. The number of hydrogen-bond donors (Lipinski definition) is 0. The second-order valence-electron chi connectivity index (χ2n) is 2.06. The summed E-state index contributed by atoms with van der Waals surface area (Å²) in [5.41, 5.74) is 0.315. The van der Waals surface area contributed by atoms with Crippen LogP contribution in [0.1, 0.15) is 10.4 Å². The van der Waals surface area contributed by atoms with Crippen molar-refractivity contribution < 1.29 is 13.8 Å². The maximum atomic E-state index is 11.0. The fourth-order valence-electron chi connectivity index (χ4n) is 0.855. The van der Waals surface area contributed by atoms with E-state index in [1.807, 2.05) is 0 Å². The Morgan fingerprint density at radius 3 is 2.67 bits per heavy atom. The molecule has 3 nitrogen and oxygen atoms in total. The van der Waals surface area contributed by atoms with Crippen LogP contribution in [0.25, 0.3) is 0 Å². The van der Waals surface area contributed by atoms with Crippen LogP contribution in [0.3, 0.4) is 0 Å². The molecule has 4 heteroatoms. The maximum Gasteiger partial charge on any atom is 0.360 e. The number of hydrogen-bond acceptors (Lipinski definition) is 3. The van der Waals surface area contributed by atoms with E-state index in [1.54, 1.807) is 24.3 Å². The minimum absolute atomic E-state index is 0.315. The zero-order chi connectivity index (χ0) is 8.97. The van der Waals surface area contributed by atoms with Gasteiger partial charge < -0.3 is 9.03 Å². The number of halogens is 1. The molecule has 0 aromatic heterocycles. The molecule has 1 aromatic carbocycles. The molecule has 1 aromatic rings. The quantitative estimate of drug-likeness (QED) is 0.709. The van der Waals surface area contributed by atoms with E-state index in [9.17, 15) is 4.79 Å². The van der Waals surface area contributed by atoms with Gasteiger partial charge in [-0.3, -0.25) is 0 Å². The van der Waals surface area contributed by atoms with Crippen LogP contribution >= 0.6 is 11.9 Å². The highest BCUT2D eigenvalue weighted by Crippen LogP contribution is 2.18. The van der Waals surface area contributed by atoms with E-state index in [2.05, 4.69) is 4.29 Å². The van der Waals surface area contributed by atoms with Gasteiger partial charge in [0.05, 0.1) is 7.11 Å². The molecule has 0 saturated carbocycles. The van der Waals surface area contributed by atoms with Crippen LogP contribution in [0.2, 0.25) is 0 Å². The van der Waals surface area contributed by atoms with E-state index in [0.717, 1.165) is 0 Å². The molecule has 0 aliphatic heterocycles. The molecule has 0 bridgehead atoms. The van der Waals surface area contributed by atoms with Crippen LogP contribution in [0.4, 0.5) is 0 Å². The smallest absolute Gasteiger partial charge is 0.360 e. The molecule has 0 fully saturated rings. The van der Waals surface area contributed by atoms with Crippen molar-refractivity contribution >= 4 is 17.8 Å². The molecular formula is C8H7ClO3. The van der Waals surface area contributed by atoms with Crippen molar-refractivity contribution in [1.29, 1.82) is 0 Å². The van der Waals surface area contributed by atoms with Gasteiger partial charge in [0.15, 0.2) is 0 Å². The first-order chi connectivity index (χ1) is 5.79. The Hall–Kier alpha value is -1.22. The monoisotopic (exact) mass is 186 g/mol. The number of para-hydroxylation sites is 1. The fourth-order valence-corrected chi connectivity index (χ4v) is 0.938. The van der Waals surface area contributed by atoms with Crippen molar-refractivity contribution in [3.8, 4) is 5.75 Å². The van der Waals surface area contributed by atoms with Gasteiger partial charge in [-0.05, 0) is 12.1 Å². The van der Waals surface area contributed by atoms with Gasteiger partial charge in [-0.1, -0.05) is 12.1 Å². The number of benzene rings is 1.